The molecule has 4 aromatic rings. The van der Waals surface area contributed by atoms with Crippen molar-refractivity contribution in [2.24, 2.45) is 7.05 Å². The number of anilines is 1. The number of nitrogens with zero attached hydrogens (tertiary/aromatic N) is 5. The van der Waals surface area contributed by atoms with Gasteiger partial charge in [-0.15, -0.1) is 0 Å². The predicted octanol–water partition coefficient (Wildman–Crippen LogP) is 3.86. The third-order valence-electron chi connectivity index (χ3n) is 5.26. The molecule has 2 aromatic carbocycles. The molecule has 0 fully saturated rings. The van der Waals surface area contributed by atoms with Crippen molar-refractivity contribution in [2.45, 2.75) is 12.8 Å². The highest BCUT2D eigenvalue weighted by Gasteiger charge is 2.06. The monoisotopic (exact) mass is 477 g/mol. The van der Waals surface area contributed by atoms with Gasteiger partial charge in [0.2, 0.25) is 5.91 Å². The molecule has 0 saturated heterocycles. The normalized spacial score (nSPS) is 9.89. The molecule has 0 saturated carbocycles. The highest BCUT2D eigenvalue weighted by Crippen LogP contribution is 2.18. The zero-order valence-corrected chi connectivity index (χ0v) is 20.3. The topological polar surface area (TPSA) is 119 Å². The Hall–Kier alpha value is -4.79. The second kappa shape index (κ2) is 13.2. The fourth-order valence-corrected chi connectivity index (χ4v) is 3.29. The van der Waals surface area contributed by atoms with Crippen molar-refractivity contribution in [2.75, 3.05) is 18.9 Å². The van der Waals surface area contributed by atoms with E-state index in [-0.39, 0.29) is 12.3 Å². The van der Waals surface area contributed by atoms with Gasteiger partial charge in [0.25, 0.3) is 0 Å². The number of amides is 1. The van der Waals surface area contributed by atoms with Gasteiger partial charge in [0.05, 0.1) is 35.9 Å². The Labute approximate surface area is 210 Å². The van der Waals surface area contributed by atoms with Crippen LogP contribution in [0.1, 0.15) is 22.3 Å². The smallest absolute Gasteiger partial charge is 0.229 e. The average molecular weight is 478 g/mol. The van der Waals surface area contributed by atoms with Crippen molar-refractivity contribution < 1.29 is 4.79 Å². The van der Waals surface area contributed by atoms with Crippen LogP contribution >= 0.6 is 0 Å². The number of nitriles is 2. The Morgan fingerprint density at radius 1 is 0.889 bits per heavy atom. The molecule has 8 nitrogen and oxygen atoms in total. The molecule has 4 rings (SSSR count). The second-order valence-electron chi connectivity index (χ2n) is 8.03. The van der Waals surface area contributed by atoms with Gasteiger partial charge in [0, 0.05) is 30.6 Å². The minimum absolute atomic E-state index is 0.152. The standard InChI is InChI=1S/C18H15N5O.C10H12N2/c1-23-12-16(11-21-23)15-6-7-17(20-10-15)22-18(24)8-13-2-4-14(9-19)5-3-13;1-12-7-6-9-2-4-10(8-11)5-3-9/h2-7,10-12H,8H2,1H3,(H,20,22,24);2-5,12H,6-7H2,1H3. The summed E-state index contributed by atoms with van der Waals surface area (Å²) < 4.78 is 1.72. The van der Waals surface area contributed by atoms with Crippen molar-refractivity contribution in [3.8, 4) is 23.3 Å². The summed E-state index contributed by atoms with van der Waals surface area (Å²) in [6.07, 6.45) is 6.62. The number of rotatable bonds is 7. The van der Waals surface area contributed by atoms with Crippen LogP contribution in [0.25, 0.3) is 11.1 Å². The summed E-state index contributed by atoms with van der Waals surface area (Å²) in [5.41, 5.74) is 5.32. The number of benzene rings is 2. The molecule has 0 aliphatic rings. The predicted molar refractivity (Wildman–Crippen MR) is 139 cm³/mol. The molecule has 0 atom stereocenters. The number of nitrogens with one attached hydrogen (secondary N) is 2. The second-order valence-corrected chi connectivity index (χ2v) is 8.03. The highest BCUT2D eigenvalue weighted by atomic mass is 16.1. The largest absolute Gasteiger partial charge is 0.319 e. The Bertz CT molecular complexity index is 1340. The van der Waals surface area contributed by atoms with E-state index in [9.17, 15) is 4.79 Å². The maximum absolute atomic E-state index is 12.1. The summed E-state index contributed by atoms with van der Waals surface area (Å²) in [6, 6.07) is 22.4. The minimum atomic E-state index is -0.152. The van der Waals surface area contributed by atoms with E-state index in [4.69, 9.17) is 10.5 Å². The lowest BCUT2D eigenvalue weighted by atomic mass is 10.1. The van der Waals surface area contributed by atoms with Crippen LogP contribution in [0.3, 0.4) is 0 Å². The van der Waals surface area contributed by atoms with Crippen molar-refractivity contribution >= 4 is 11.7 Å². The van der Waals surface area contributed by atoms with E-state index in [1.54, 1.807) is 47.4 Å². The van der Waals surface area contributed by atoms with Crippen LogP contribution in [-0.4, -0.2) is 34.3 Å². The van der Waals surface area contributed by atoms with Crippen LogP contribution in [0, 0.1) is 22.7 Å². The zero-order chi connectivity index (χ0) is 25.8. The lowest BCUT2D eigenvalue weighted by Crippen LogP contribution is -2.15. The van der Waals surface area contributed by atoms with Crippen LogP contribution in [0.5, 0.6) is 0 Å². The van der Waals surface area contributed by atoms with Crippen LogP contribution in [-0.2, 0) is 24.7 Å². The fourth-order valence-electron chi connectivity index (χ4n) is 3.29. The maximum atomic E-state index is 12.1. The summed E-state index contributed by atoms with van der Waals surface area (Å²) in [5.74, 6) is 0.350. The van der Waals surface area contributed by atoms with Gasteiger partial charge in [-0.2, -0.15) is 15.6 Å². The molecule has 2 N–H and O–H groups in total. The number of likely N-dealkylation sites (N-methyl/N-ethyl adjacent to an activating group) is 1. The maximum Gasteiger partial charge on any atom is 0.229 e. The number of aromatic nitrogens is 3. The summed E-state index contributed by atoms with van der Waals surface area (Å²) in [4.78, 5) is 16.3. The molecule has 0 unspecified atom stereocenters. The zero-order valence-electron chi connectivity index (χ0n) is 20.3. The molecule has 0 aliphatic heterocycles. The van der Waals surface area contributed by atoms with Crippen LogP contribution in [0.2, 0.25) is 0 Å². The van der Waals surface area contributed by atoms with Gasteiger partial charge < -0.3 is 10.6 Å². The lowest BCUT2D eigenvalue weighted by molar-refractivity contribution is -0.115. The van der Waals surface area contributed by atoms with Crippen molar-refractivity contribution in [1.82, 2.24) is 20.1 Å². The van der Waals surface area contributed by atoms with Crippen LogP contribution in [0.4, 0.5) is 5.82 Å². The van der Waals surface area contributed by atoms with E-state index in [1.165, 1.54) is 5.56 Å². The van der Waals surface area contributed by atoms with E-state index in [0.29, 0.717) is 11.4 Å². The third kappa shape index (κ3) is 7.91. The molecule has 36 heavy (non-hydrogen) atoms. The Kier molecular flexibility index (Phi) is 9.46. The highest BCUT2D eigenvalue weighted by molar-refractivity contribution is 5.91. The van der Waals surface area contributed by atoms with Gasteiger partial charge >= 0.3 is 0 Å². The SMILES string of the molecule is CNCCc1ccc(C#N)cc1.Cn1cc(-c2ccc(NC(=O)Cc3ccc(C#N)cc3)nc2)cn1. The van der Waals surface area contributed by atoms with E-state index in [1.807, 2.05) is 50.6 Å². The molecular weight excluding hydrogens is 450 g/mol. The Balaban J connectivity index is 0.000000253. The summed E-state index contributed by atoms with van der Waals surface area (Å²) >= 11 is 0. The molecule has 2 heterocycles. The average Bonchev–Trinajstić information content (AvgIpc) is 3.35. The van der Waals surface area contributed by atoms with E-state index in [2.05, 4.69) is 32.9 Å². The summed E-state index contributed by atoms with van der Waals surface area (Å²) in [6.45, 7) is 0.978. The van der Waals surface area contributed by atoms with Gasteiger partial charge in [0.1, 0.15) is 5.82 Å². The van der Waals surface area contributed by atoms with Gasteiger partial charge in [-0.1, -0.05) is 24.3 Å². The lowest BCUT2D eigenvalue weighted by Gasteiger charge is -2.05. The number of carbonyl (C=O) groups excluding carboxylic acids is 1. The number of hydrogen-bond donors (Lipinski definition) is 2. The Morgan fingerprint density at radius 2 is 1.53 bits per heavy atom. The van der Waals surface area contributed by atoms with Crippen LogP contribution in [0.15, 0.2) is 79.3 Å². The van der Waals surface area contributed by atoms with Crippen LogP contribution < -0.4 is 10.6 Å². The quantitative estimate of drug-likeness (QED) is 0.417. The van der Waals surface area contributed by atoms with Crippen molar-refractivity contribution in [3.05, 3.63) is 102 Å². The molecule has 0 spiro atoms. The molecule has 2 aromatic heterocycles. The van der Waals surface area contributed by atoms with Gasteiger partial charge in [-0.05, 0) is 67.5 Å². The van der Waals surface area contributed by atoms with Gasteiger partial charge in [-0.3, -0.25) is 9.48 Å². The van der Waals surface area contributed by atoms with E-state index < -0.39 is 0 Å². The number of pyridine rings is 1. The molecule has 0 radical (unpaired) electrons. The molecule has 0 aliphatic carbocycles. The van der Waals surface area contributed by atoms with E-state index in [0.717, 1.165) is 35.2 Å². The van der Waals surface area contributed by atoms with Crippen molar-refractivity contribution in [1.29, 1.82) is 10.5 Å². The van der Waals surface area contributed by atoms with E-state index >= 15 is 0 Å². The number of aryl methyl sites for hydroxylation is 1. The molecule has 1 amide bonds. The Morgan fingerprint density at radius 3 is 2.03 bits per heavy atom. The first-order chi connectivity index (χ1) is 17.5. The third-order valence-corrected chi connectivity index (χ3v) is 5.26. The molecular formula is C28H27N7O. The number of carbonyl (C=O) groups is 1. The first kappa shape index (κ1) is 25.8. The molecule has 180 valence electrons. The fraction of sp³-hybridized carbons (Fsp3) is 0.179. The minimum Gasteiger partial charge on any atom is -0.319 e. The van der Waals surface area contributed by atoms with Gasteiger partial charge in [-0.25, -0.2) is 4.98 Å². The summed E-state index contributed by atoms with van der Waals surface area (Å²) in [7, 11) is 3.79. The summed E-state index contributed by atoms with van der Waals surface area (Å²) in [5, 5.41) is 27.3. The molecule has 0 bridgehead atoms. The first-order valence-electron chi connectivity index (χ1n) is 11.4. The van der Waals surface area contributed by atoms with Gasteiger partial charge in [0.15, 0.2) is 0 Å². The number of hydrogen-bond acceptors (Lipinski definition) is 6. The van der Waals surface area contributed by atoms with Crippen molar-refractivity contribution in [3.63, 3.8) is 0 Å². The molecule has 8 heteroatoms. The first-order valence-corrected chi connectivity index (χ1v) is 11.4.